The van der Waals surface area contributed by atoms with E-state index >= 15 is 0 Å². The number of furan rings is 1. The monoisotopic (exact) mass is 351 g/mol. The van der Waals surface area contributed by atoms with Gasteiger partial charge < -0.3 is 19.2 Å². The van der Waals surface area contributed by atoms with Crippen LogP contribution in [0.25, 0.3) is 0 Å². The molecule has 1 aromatic carbocycles. The SMILES string of the molecule is Cc1oc(CN(C)C(=O)C(C)Oc2ccccc2Cl)cc1C(=O)O. The van der Waals surface area contributed by atoms with Crippen molar-refractivity contribution in [1.29, 1.82) is 0 Å². The molecule has 128 valence electrons. The summed E-state index contributed by atoms with van der Waals surface area (Å²) in [7, 11) is 1.59. The van der Waals surface area contributed by atoms with Gasteiger partial charge in [0.25, 0.3) is 5.91 Å². The molecule has 1 heterocycles. The molecule has 1 aromatic heterocycles. The number of carboxylic acid groups (broad SMARTS) is 1. The second-order valence-electron chi connectivity index (χ2n) is 5.37. The lowest BCUT2D eigenvalue weighted by Gasteiger charge is -2.21. The van der Waals surface area contributed by atoms with E-state index in [-0.39, 0.29) is 18.0 Å². The van der Waals surface area contributed by atoms with Gasteiger partial charge in [-0.05, 0) is 32.0 Å². The predicted molar refractivity (Wildman–Crippen MR) is 88.4 cm³/mol. The Kier molecular flexibility index (Phi) is 5.51. The van der Waals surface area contributed by atoms with E-state index in [0.717, 1.165) is 0 Å². The molecular formula is C17H18ClNO5. The van der Waals surface area contributed by atoms with Gasteiger partial charge >= 0.3 is 5.97 Å². The molecule has 1 atom stereocenters. The average molecular weight is 352 g/mol. The fraction of sp³-hybridized carbons (Fsp3) is 0.294. The highest BCUT2D eigenvalue weighted by atomic mass is 35.5. The van der Waals surface area contributed by atoms with Gasteiger partial charge in [-0.2, -0.15) is 0 Å². The van der Waals surface area contributed by atoms with Crippen LogP contribution < -0.4 is 4.74 Å². The highest BCUT2D eigenvalue weighted by molar-refractivity contribution is 6.32. The predicted octanol–water partition coefficient (Wildman–Crippen LogP) is 3.37. The lowest BCUT2D eigenvalue weighted by Crippen LogP contribution is -2.37. The van der Waals surface area contributed by atoms with Crippen molar-refractivity contribution < 1.29 is 23.8 Å². The topological polar surface area (TPSA) is 80.0 Å². The third kappa shape index (κ3) is 4.08. The van der Waals surface area contributed by atoms with Gasteiger partial charge in [0.05, 0.1) is 11.6 Å². The van der Waals surface area contributed by atoms with Crippen molar-refractivity contribution >= 4 is 23.5 Å². The molecule has 0 aliphatic heterocycles. The van der Waals surface area contributed by atoms with E-state index in [4.69, 9.17) is 25.9 Å². The van der Waals surface area contributed by atoms with Crippen LogP contribution in [0.5, 0.6) is 5.75 Å². The number of ether oxygens (including phenoxy) is 1. The first-order valence-corrected chi connectivity index (χ1v) is 7.66. The van der Waals surface area contributed by atoms with Gasteiger partial charge in [-0.25, -0.2) is 4.79 Å². The van der Waals surface area contributed by atoms with Crippen molar-refractivity contribution in [2.75, 3.05) is 7.05 Å². The highest BCUT2D eigenvalue weighted by Gasteiger charge is 2.22. The quantitative estimate of drug-likeness (QED) is 0.863. The van der Waals surface area contributed by atoms with Gasteiger partial charge in [0, 0.05) is 7.05 Å². The number of amides is 1. The number of para-hydroxylation sites is 1. The van der Waals surface area contributed by atoms with Crippen molar-refractivity contribution in [3.8, 4) is 5.75 Å². The molecule has 0 aliphatic carbocycles. The molecule has 1 unspecified atom stereocenters. The zero-order valence-corrected chi connectivity index (χ0v) is 14.3. The van der Waals surface area contributed by atoms with Crippen LogP contribution >= 0.6 is 11.6 Å². The molecule has 0 saturated heterocycles. The van der Waals surface area contributed by atoms with Crippen molar-refractivity contribution in [3.63, 3.8) is 0 Å². The van der Waals surface area contributed by atoms with Crippen molar-refractivity contribution in [1.82, 2.24) is 4.90 Å². The summed E-state index contributed by atoms with van der Waals surface area (Å²) in [6.45, 7) is 3.33. The van der Waals surface area contributed by atoms with E-state index in [2.05, 4.69) is 0 Å². The van der Waals surface area contributed by atoms with Crippen LogP contribution in [0.2, 0.25) is 5.02 Å². The second-order valence-corrected chi connectivity index (χ2v) is 5.78. The van der Waals surface area contributed by atoms with Gasteiger partial charge in [0.1, 0.15) is 22.8 Å². The van der Waals surface area contributed by atoms with Crippen molar-refractivity contribution in [2.24, 2.45) is 0 Å². The van der Waals surface area contributed by atoms with E-state index in [1.165, 1.54) is 11.0 Å². The maximum absolute atomic E-state index is 12.4. The zero-order chi connectivity index (χ0) is 17.9. The molecule has 7 heteroatoms. The van der Waals surface area contributed by atoms with Crippen LogP contribution in [0.1, 0.15) is 28.8 Å². The van der Waals surface area contributed by atoms with Crippen LogP contribution in [0.4, 0.5) is 0 Å². The third-order valence-corrected chi connectivity index (χ3v) is 3.77. The maximum atomic E-state index is 12.4. The number of hydrogen-bond donors (Lipinski definition) is 1. The number of aromatic carboxylic acids is 1. The van der Waals surface area contributed by atoms with E-state index in [9.17, 15) is 9.59 Å². The minimum atomic E-state index is -1.06. The van der Waals surface area contributed by atoms with E-state index in [1.807, 2.05) is 0 Å². The van der Waals surface area contributed by atoms with Crippen LogP contribution in [0, 0.1) is 6.92 Å². The van der Waals surface area contributed by atoms with E-state index in [0.29, 0.717) is 22.3 Å². The summed E-state index contributed by atoms with van der Waals surface area (Å²) in [6.07, 6.45) is -0.745. The summed E-state index contributed by atoms with van der Waals surface area (Å²) in [4.78, 5) is 24.8. The first-order chi connectivity index (χ1) is 11.3. The minimum Gasteiger partial charge on any atom is -0.479 e. The van der Waals surface area contributed by atoms with Crippen molar-refractivity contribution in [3.05, 3.63) is 52.4 Å². The molecule has 6 nitrogen and oxygen atoms in total. The molecular weight excluding hydrogens is 334 g/mol. The molecule has 0 spiro atoms. The first kappa shape index (κ1) is 17.9. The number of likely N-dealkylation sites (N-methyl/N-ethyl adjacent to an activating group) is 1. The number of nitrogens with zero attached hydrogens (tertiary/aromatic N) is 1. The zero-order valence-electron chi connectivity index (χ0n) is 13.6. The summed E-state index contributed by atoms with van der Waals surface area (Å²) in [5.74, 6) is -0.215. The number of hydrogen-bond acceptors (Lipinski definition) is 4. The summed E-state index contributed by atoms with van der Waals surface area (Å²) in [6, 6.07) is 8.31. The Labute approximate surface area is 144 Å². The van der Waals surface area contributed by atoms with Crippen LogP contribution in [0.15, 0.2) is 34.7 Å². The fourth-order valence-electron chi connectivity index (χ4n) is 2.24. The molecule has 2 rings (SSSR count). The van der Waals surface area contributed by atoms with Crippen LogP contribution in [0.3, 0.4) is 0 Å². The maximum Gasteiger partial charge on any atom is 0.339 e. The molecule has 0 fully saturated rings. The number of benzene rings is 1. The van der Waals surface area contributed by atoms with Crippen LogP contribution in [-0.4, -0.2) is 35.0 Å². The number of carboxylic acids is 1. The van der Waals surface area contributed by atoms with E-state index < -0.39 is 12.1 Å². The molecule has 0 aliphatic rings. The van der Waals surface area contributed by atoms with Gasteiger partial charge in [0.2, 0.25) is 0 Å². The standard InChI is InChI=1S/C17H18ClNO5/c1-10-13(17(21)22)8-12(23-10)9-19(3)16(20)11(2)24-15-7-5-4-6-14(15)18/h4-8,11H,9H2,1-3H3,(H,21,22). The summed E-state index contributed by atoms with van der Waals surface area (Å²) >= 11 is 6.01. The Bertz CT molecular complexity index is 755. The summed E-state index contributed by atoms with van der Waals surface area (Å²) < 4.78 is 11.0. The van der Waals surface area contributed by atoms with Gasteiger partial charge in [-0.3, -0.25) is 4.79 Å². The number of rotatable bonds is 6. The summed E-state index contributed by atoms with van der Waals surface area (Å²) in [5, 5.41) is 9.45. The minimum absolute atomic E-state index is 0.0891. The number of carbonyl (C=O) groups is 2. The van der Waals surface area contributed by atoms with Crippen molar-refractivity contribution in [2.45, 2.75) is 26.5 Å². The largest absolute Gasteiger partial charge is 0.479 e. The average Bonchev–Trinajstić information content (AvgIpc) is 2.89. The highest BCUT2D eigenvalue weighted by Crippen LogP contribution is 2.24. The molecule has 24 heavy (non-hydrogen) atoms. The second kappa shape index (κ2) is 7.40. The molecule has 2 aromatic rings. The lowest BCUT2D eigenvalue weighted by molar-refractivity contribution is -0.137. The van der Waals surface area contributed by atoms with Gasteiger partial charge in [-0.1, -0.05) is 23.7 Å². The third-order valence-electron chi connectivity index (χ3n) is 3.46. The van der Waals surface area contributed by atoms with Gasteiger partial charge in [-0.15, -0.1) is 0 Å². The summed E-state index contributed by atoms with van der Waals surface area (Å²) in [5.41, 5.74) is 0.0891. The molecule has 0 saturated carbocycles. The number of halogens is 1. The van der Waals surface area contributed by atoms with Crippen LogP contribution in [-0.2, 0) is 11.3 Å². The molecule has 1 N–H and O–H groups in total. The Morgan fingerprint density at radius 2 is 2.04 bits per heavy atom. The normalized spacial score (nSPS) is 11.8. The fourth-order valence-corrected chi connectivity index (χ4v) is 2.42. The Balaban J connectivity index is 2.02. The first-order valence-electron chi connectivity index (χ1n) is 7.28. The number of carbonyl (C=O) groups excluding carboxylic acids is 1. The van der Waals surface area contributed by atoms with E-state index in [1.54, 1.807) is 45.2 Å². The Hall–Kier alpha value is -2.47. The molecule has 1 amide bonds. The lowest BCUT2D eigenvalue weighted by atomic mass is 10.2. The molecule has 0 bridgehead atoms. The smallest absolute Gasteiger partial charge is 0.339 e. The Morgan fingerprint density at radius 1 is 1.38 bits per heavy atom. The Morgan fingerprint density at radius 3 is 2.62 bits per heavy atom. The van der Waals surface area contributed by atoms with Gasteiger partial charge in [0.15, 0.2) is 6.10 Å². The molecule has 0 radical (unpaired) electrons. The number of aryl methyl sites for hydroxylation is 1.